The van der Waals surface area contributed by atoms with Gasteiger partial charge in [0.2, 0.25) is 17.6 Å². The molecule has 0 bridgehead atoms. The second kappa shape index (κ2) is 8.43. The molecule has 3 atom stereocenters. The number of rotatable bonds is 6. The zero-order valence-electron chi connectivity index (χ0n) is 20.5. The van der Waals surface area contributed by atoms with Crippen LogP contribution in [0.25, 0.3) is 0 Å². The average Bonchev–Trinajstić information content (AvgIpc) is 3.07. The number of fused-ring (bicyclic) bond motifs is 1. The van der Waals surface area contributed by atoms with Crippen molar-refractivity contribution in [2.45, 2.75) is 44.1 Å². The SMILES string of the molecule is [2H]c1cc(C([2H])CC(=O)C(F)(F)c2ccc(Cl)cc2)c([2H])c2c1C(=O)N(C1CCC(=O)NC1=O)C2[2H]. The molecule has 9 heteroatoms. The number of aryl methyl sites for hydroxylation is 1. The van der Waals surface area contributed by atoms with Crippen molar-refractivity contribution in [3.05, 3.63) is 69.7 Å². The lowest BCUT2D eigenvalue weighted by molar-refractivity contribution is -0.144. The summed E-state index contributed by atoms with van der Waals surface area (Å²) in [6, 6.07) is 3.23. The molecule has 1 fully saturated rings. The Morgan fingerprint density at radius 3 is 2.69 bits per heavy atom. The van der Waals surface area contributed by atoms with Crippen LogP contribution in [-0.2, 0) is 33.2 Å². The summed E-state index contributed by atoms with van der Waals surface area (Å²) in [5, 5.41) is 2.29. The van der Waals surface area contributed by atoms with Gasteiger partial charge in [-0.3, -0.25) is 24.5 Å². The lowest BCUT2D eigenvalue weighted by Gasteiger charge is -2.29. The van der Waals surface area contributed by atoms with E-state index in [2.05, 4.69) is 5.32 Å². The molecular formula is C23H19ClF2N2O4. The minimum Gasteiger partial charge on any atom is -0.322 e. The minimum atomic E-state index is -3.93. The molecule has 0 spiro atoms. The first kappa shape index (κ1) is 17.4. The first-order valence-electron chi connectivity index (χ1n) is 11.8. The van der Waals surface area contributed by atoms with Crippen molar-refractivity contribution in [1.29, 1.82) is 0 Å². The van der Waals surface area contributed by atoms with Crippen LogP contribution in [0.1, 0.15) is 51.8 Å². The topological polar surface area (TPSA) is 83.6 Å². The standard InChI is InChI=1S/C23H19ClF2N2O4/c24-16-5-3-15(4-6-16)23(25,26)19(29)9-2-13-1-7-17-14(11-13)12-28(22(17)32)18-8-10-20(30)27-21(18)31/h1,3-7,11,18H,2,8-10,12H2,(H,27,30,31)/i2D,7D,11D,12D. The lowest BCUT2D eigenvalue weighted by atomic mass is 9.97. The second-order valence-electron chi connectivity index (χ2n) is 7.38. The molecule has 3 unspecified atom stereocenters. The quantitative estimate of drug-likeness (QED) is 0.664. The van der Waals surface area contributed by atoms with Crippen LogP contribution in [0.3, 0.4) is 0 Å². The molecule has 166 valence electrons. The number of hydrogen-bond donors (Lipinski definition) is 1. The molecule has 3 amide bonds. The van der Waals surface area contributed by atoms with Gasteiger partial charge in [-0.2, -0.15) is 8.78 Å². The summed E-state index contributed by atoms with van der Waals surface area (Å²) in [6.45, 7) is -1.59. The number of nitrogens with one attached hydrogen (secondary N) is 1. The molecule has 2 heterocycles. The number of imide groups is 1. The zero-order valence-corrected chi connectivity index (χ0v) is 17.2. The number of amides is 3. The predicted octanol–water partition coefficient (Wildman–Crippen LogP) is 3.39. The second-order valence-corrected chi connectivity index (χ2v) is 7.82. The molecule has 2 aliphatic rings. The number of alkyl halides is 2. The van der Waals surface area contributed by atoms with E-state index in [0.717, 1.165) is 23.1 Å². The molecule has 0 radical (unpaired) electrons. The van der Waals surface area contributed by atoms with Gasteiger partial charge in [0.25, 0.3) is 5.91 Å². The van der Waals surface area contributed by atoms with Gasteiger partial charge in [0, 0.05) is 36.9 Å². The fraction of sp³-hybridized carbons (Fsp3) is 0.304. The Kier molecular flexibility index (Phi) is 4.59. The number of ketones is 1. The van der Waals surface area contributed by atoms with Crippen molar-refractivity contribution in [2.24, 2.45) is 0 Å². The Hall–Kier alpha value is -3.13. The van der Waals surface area contributed by atoms with Crippen molar-refractivity contribution in [3.63, 3.8) is 0 Å². The smallest absolute Gasteiger partial charge is 0.322 e. The highest BCUT2D eigenvalue weighted by molar-refractivity contribution is 6.30. The van der Waals surface area contributed by atoms with Crippen molar-refractivity contribution < 1.29 is 33.4 Å². The van der Waals surface area contributed by atoms with Crippen LogP contribution in [0.2, 0.25) is 5.02 Å². The molecule has 0 aromatic heterocycles. The van der Waals surface area contributed by atoms with Crippen LogP contribution in [0.5, 0.6) is 0 Å². The fourth-order valence-electron chi connectivity index (χ4n) is 3.52. The van der Waals surface area contributed by atoms with E-state index in [1.807, 2.05) is 0 Å². The number of Topliss-reactive ketones (excluding diaryl/α,β-unsaturated/α-hetero) is 1. The van der Waals surface area contributed by atoms with E-state index < -0.39 is 72.5 Å². The molecule has 1 saturated heterocycles. The molecule has 0 aliphatic carbocycles. The Labute approximate surface area is 193 Å². The van der Waals surface area contributed by atoms with E-state index in [1.165, 1.54) is 12.1 Å². The van der Waals surface area contributed by atoms with Crippen LogP contribution in [0.15, 0.2) is 42.4 Å². The van der Waals surface area contributed by atoms with Crippen LogP contribution >= 0.6 is 11.6 Å². The normalized spacial score (nSPS) is 23.6. The van der Waals surface area contributed by atoms with Crippen LogP contribution in [0.4, 0.5) is 8.78 Å². The summed E-state index contributed by atoms with van der Waals surface area (Å²) < 4.78 is 62.9. The van der Waals surface area contributed by atoms with Gasteiger partial charge in [0.1, 0.15) is 6.04 Å². The lowest BCUT2D eigenvalue weighted by Crippen LogP contribution is -2.52. The minimum absolute atomic E-state index is 0.0390. The molecule has 32 heavy (non-hydrogen) atoms. The predicted molar refractivity (Wildman–Crippen MR) is 111 cm³/mol. The number of nitrogens with zero attached hydrogens (tertiary/aromatic N) is 1. The van der Waals surface area contributed by atoms with Crippen LogP contribution < -0.4 is 5.32 Å². The molecule has 2 aromatic rings. The molecule has 2 aliphatic heterocycles. The fourth-order valence-corrected chi connectivity index (χ4v) is 3.65. The third kappa shape index (κ3) is 4.14. The summed E-state index contributed by atoms with van der Waals surface area (Å²) in [5.41, 5.74) is -1.43. The van der Waals surface area contributed by atoms with E-state index in [9.17, 15) is 28.0 Å². The van der Waals surface area contributed by atoms with E-state index >= 15 is 0 Å². The Morgan fingerprint density at radius 1 is 1.28 bits per heavy atom. The van der Waals surface area contributed by atoms with E-state index in [0.29, 0.717) is 0 Å². The molecular weight excluding hydrogens is 442 g/mol. The van der Waals surface area contributed by atoms with Gasteiger partial charge in [-0.15, -0.1) is 0 Å². The highest BCUT2D eigenvalue weighted by atomic mass is 35.5. The summed E-state index contributed by atoms with van der Waals surface area (Å²) in [4.78, 5) is 50.0. The summed E-state index contributed by atoms with van der Waals surface area (Å²) >= 11 is 5.70. The monoisotopic (exact) mass is 464 g/mol. The molecule has 4 rings (SSSR count). The Bertz CT molecular complexity index is 1290. The number of piperidine rings is 1. The van der Waals surface area contributed by atoms with Crippen molar-refractivity contribution in [3.8, 4) is 0 Å². The largest absolute Gasteiger partial charge is 0.330 e. The maximum atomic E-state index is 14.7. The van der Waals surface area contributed by atoms with Gasteiger partial charge < -0.3 is 4.90 Å². The van der Waals surface area contributed by atoms with Gasteiger partial charge >= 0.3 is 5.92 Å². The third-order valence-electron chi connectivity index (χ3n) is 5.25. The van der Waals surface area contributed by atoms with Crippen molar-refractivity contribution >= 4 is 35.1 Å². The molecule has 6 nitrogen and oxygen atoms in total. The maximum absolute atomic E-state index is 14.7. The number of carbonyl (C=O) groups excluding carboxylic acids is 4. The van der Waals surface area contributed by atoms with Gasteiger partial charge in [-0.1, -0.05) is 35.8 Å². The van der Waals surface area contributed by atoms with Crippen LogP contribution in [-0.4, -0.2) is 34.4 Å². The Balaban J connectivity index is 1.62. The van der Waals surface area contributed by atoms with E-state index in [1.54, 1.807) is 0 Å². The maximum Gasteiger partial charge on any atom is 0.330 e. The van der Waals surface area contributed by atoms with Crippen molar-refractivity contribution in [2.75, 3.05) is 0 Å². The number of benzene rings is 2. The summed E-state index contributed by atoms with van der Waals surface area (Å²) in [7, 11) is 0. The average molecular weight is 465 g/mol. The Morgan fingerprint density at radius 2 is 2.00 bits per heavy atom. The van der Waals surface area contributed by atoms with Gasteiger partial charge in [0.15, 0.2) is 0 Å². The number of hydrogen-bond acceptors (Lipinski definition) is 4. The first-order valence-corrected chi connectivity index (χ1v) is 10.0. The summed E-state index contributed by atoms with van der Waals surface area (Å²) in [5.74, 6) is -7.67. The van der Waals surface area contributed by atoms with E-state index in [-0.39, 0.29) is 34.6 Å². The first-order chi connectivity index (χ1) is 16.8. The highest BCUT2D eigenvalue weighted by Gasteiger charge is 2.41. The third-order valence-corrected chi connectivity index (χ3v) is 5.50. The molecule has 0 saturated carbocycles. The summed E-state index contributed by atoms with van der Waals surface area (Å²) in [6.07, 6.45) is -2.77. The van der Waals surface area contributed by atoms with E-state index in [4.69, 9.17) is 17.1 Å². The number of carbonyl (C=O) groups is 4. The van der Waals surface area contributed by atoms with Gasteiger partial charge in [0.05, 0.1) is 4.11 Å². The van der Waals surface area contributed by atoms with Crippen LogP contribution in [0, 0.1) is 0 Å². The van der Waals surface area contributed by atoms with Gasteiger partial charge in [-0.25, -0.2) is 0 Å². The van der Waals surface area contributed by atoms with Crippen molar-refractivity contribution in [1.82, 2.24) is 10.2 Å². The number of halogens is 3. The molecule has 1 N–H and O–H groups in total. The molecule has 2 aromatic carbocycles. The highest BCUT2D eigenvalue weighted by Crippen LogP contribution is 2.32. The zero-order chi connectivity index (χ0) is 26.5. The van der Waals surface area contributed by atoms with Gasteiger partial charge in [-0.05, 0) is 42.1 Å².